The van der Waals surface area contributed by atoms with Gasteiger partial charge in [0.05, 0.1) is 0 Å². The molecule has 0 saturated heterocycles. The van der Waals surface area contributed by atoms with E-state index in [2.05, 4.69) is 76.2 Å². The molecule has 3 rings (SSSR count). The first-order valence-corrected chi connectivity index (χ1v) is 8.86. The van der Waals surface area contributed by atoms with E-state index in [1.807, 2.05) is 27.7 Å². The van der Waals surface area contributed by atoms with Crippen LogP contribution in [0.2, 0.25) is 0 Å². The zero-order valence-corrected chi connectivity index (χ0v) is 16.3. The SMILES string of the molecule is CC.CC.Cc1ccc(C)c(C)c1.Cc1ccc2c(c1)C=CC2. The van der Waals surface area contributed by atoms with E-state index in [0.29, 0.717) is 0 Å². The van der Waals surface area contributed by atoms with E-state index in [0.717, 1.165) is 6.42 Å². The summed E-state index contributed by atoms with van der Waals surface area (Å²) in [5.74, 6) is 0. The molecule has 0 atom stereocenters. The van der Waals surface area contributed by atoms with Gasteiger partial charge in [0.25, 0.3) is 0 Å². The summed E-state index contributed by atoms with van der Waals surface area (Å²) in [5, 5.41) is 0. The topological polar surface area (TPSA) is 0 Å². The van der Waals surface area contributed by atoms with Crippen LogP contribution < -0.4 is 0 Å². The van der Waals surface area contributed by atoms with Crippen LogP contribution in [0.25, 0.3) is 6.08 Å². The van der Waals surface area contributed by atoms with Crippen LogP contribution in [-0.2, 0) is 6.42 Å². The second-order valence-corrected chi connectivity index (χ2v) is 5.40. The van der Waals surface area contributed by atoms with Crippen molar-refractivity contribution in [2.24, 2.45) is 0 Å². The number of aryl methyl sites for hydroxylation is 4. The number of hydrogen-bond acceptors (Lipinski definition) is 0. The van der Waals surface area contributed by atoms with E-state index < -0.39 is 0 Å². The minimum Gasteiger partial charge on any atom is -0.0795 e. The van der Waals surface area contributed by atoms with Crippen molar-refractivity contribution in [1.29, 1.82) is 0 Å². The van der Waals surface area contributed by atoms with Gasteiger partial charge in [-0.3, -0.25) is 0 Å². The molecule has 0 aromatic heterocycles. The molecule has 126 valence electrons. The third-order valence-corrected chi connectivity index (χ3v) is 3.60. The van der Waals surface area contributed by atoms with Gasteiger partial charge in [0.2, 0.25) is 0 Å². The van der Waals surface area contributed by atoms with E-state index in [4.69, 9.17) is 0 Å². The lowest BCUT2D eigenvalue weighted by molar-refractivity contribution is 1.29. The Kier molecular flexibility index (Phi) is 10.8. The lowest BCUT2D eigenvalue weighted by atomic mass is 10.1. The average molecular weight is 311 g/mol. The monoisotopic (exact) mass is 310 g/mol. The van der Waals surface area contributed by atoms with E-state index in [9.17, 15) is 0 Å². The highest BCUT2D eigenvalue weighted by molar-refractivity contribution is 5.60. The predicted molar refractivity (Wildman–Crippen MR) is 107 cm³/mol. The number of hydrogen-bond donors (Lipinski definition) is 0. The maximum atomic E-state index is 2.23. The Bertz CT molecular complexity index is 603. The number of rotatable bonds is 0. The Labute approximate surface area is 144 Å². The van der Waals surface area contributed by atoms with Crippen molar-refractivity contribution in [1.82, 2.24) is 0 Å². The zero-order chi connectivity index (χ0) is 17.8. The number of fused-ring (bicyclic) bond motifs is 1. The highest BCUT2D eigenvalue weighted by Crippen LogP contribution is 2.19. The number of benzene rings is 2. The first kappa shape index (κ1) is 21.2. The molecular formula is C23H34. The van der Waals surface area contributed by atoms with Crippen molar-refractivity contribution in [3.05, 3.63) is 75.9 Å². The Morgan fingerprint density at radius 1 is 0.652 bits per heavy atom. The third kappa shape index (κ3) is 7.32. The molecule has 0 fully saturated rings. The van der Waals surface area contributed by atoms with Crippen LogP contribution >= 0.6 is 0 Å². The summed E-state index contributed by atoms with van der Waals surface area (Å²) in [4.78, 5) is 0. The summed E-state index contributed by atoms with van der Waals surface area (Å²) < 4.78 is 0. The molecule has 0 amide bonds. The van der Waals surface area contributed by atoms with Crippen molar-refractivity contribution in [2.75, 3.05) is 0 Å². The molecule has 0 nitrogen and oxygen atoms in total. The molecule has 0 aliphatic heterocycles. The second kappa shape index (κ2) is 11.7. The second-order valence-electron chi connectivity index (χ2n) is 5.40. The van der Waals surface area contributed by atoms with Crippen LogP contribution in [0.4, 0.5) is 0 Å². The van der Waals surface area contributed by atoms with Crippen molar-refractivity contribution in [3.8, 4) is 0 Å². The molecule has 1 aliphatic rings. The van der Waals surface area contributed by atoms with Gasteiger partial charge in [0, 0.05) is 0 Å². The summed E-state index contributed by atoms with van der Waals surface area (Å²) in [5.41, 5.74) is 8.32. The van der Waals surface area contributed by atoms with Gasteiger partial charge in [0.15, 0.2) is 0 Å². The maximum absolute atomic E-state index is 2.23. The third-order valence-electron chi connectivity index (χ3n) is 3.60. The first-order valence-electron chi connectivity index (χ1n) is 8.86. The highest BCUT2D eigenvalue weighted by atomic mass is 14.1. The van der Waals surface area contributed by atoms with Crippen molar-refractivity contribution < 1.29 is 0 Å². The molecule has 0 heterocycles. The quantitative estimate of drug-likeness (QED) is 0.481. The predicted octanol–water partition coefficient (Wildman–Crippen LogP) is 7.23. The lowest BCUT2D eigenvalue weighted by Gasteiger charge is -1.98. The molecule has 0 unspecified atom stereocenters. The molecule has 0 spiro atoms. The smallest absolute Gasteiger partial charge is 0.00882 e. The lowest BCUT2D eigenvalue weighted by Crippen LogP contribution is -1.81. The van der Waals surface area contributed by atoms with Gasteiger partial charge < -0.3 is 0 Å². The van der Waals surface area contributed by atoms with Gasteiger partial charge in [-0.1, -0.05) is 87.4 Å². The standard InChI is InChI=1S/C10H10.C9H12.2C2H6/c1-8-5-6-9-3-2-4-10(9)7-8;1-7-4-5-8(2)9(3)6-7;2*1-2/h2,4-7H,3H2,1H3;4-6H,1-3H3;2*1-2H3. The van der Waals surface area contributed by atoms with E-state index >= 15 is 0 Å². The molecule has 1 aliphatic carbocycles. The van der Waals surface area contributed by atoms with Gasteiger partial charge >= 0.3 is 0 Å². The summed E-state index contributed by atoms with van der Waals surface area (Å²) >= 11 is 0. The zero-order valence-electron chi connectivity index (χ0n) is 16.3. The van der Waals surface area contributed by atoms with Gasteiger partial charge in [-0.15, -0.1) is 0 Å². The summed E-state index contributed by atoms with van der Waals surface area (Å²) in [6, 6.07) is 13.1. The van der Waals surface area contributed by atoms with Crippen LogP contribution in [0.5, 0.6) is 0 Å². The minimum absolute atomic E-state index is 1.12. The molecule has 0 radical (unpaired) electrons. The maximum Gasteiger partial charge on any atom is -0.00882 e. The van der Waals surface area contributed by atoms with Gasteiger partial charge in [-0.2, -0.15) is 0 Å². The highest BCUT2D eigenvalue weighted by Gasteiger charge is 2.02. The van der Waals surface area contributed by atoms with Crippen molar-refractivity contribution in [2.45, 2.75) is 61.8 Å². The van der Waals surface area contributed by atoms with Crippen LogP contribution in [0.3, 0.4) is 0 Å². The first-order chi connectivity index (χ1) is 11.1. The summed E-state index contributed by atoms with van der Waals surface area (Å²) in [7, 11) is 0. The summed E-state index contributed by atoms with van der Waals surface area (Å²) in [6.45, 7) is 16.5. The average Bonchev–Trinajstić information content (AvgIpc) is 3.03. The van der Waals surface area contributed by atoms with Crippen molar-refractivity contribution in [3.63, 3.8) is 0 Å². The van der Waals surface area contributed by atoms with E-state index in [1.165, 1.54) is 33.4 Å². The Morgan fingerprint density at radius 2 is 1.22 bits per heavy atom. The Balaban J connectivity index is 0.000000349. The Hall–Kier alpha value is -1.82. The molecule has 0 heteroatoms. The fourth-order valence-corrected chi connectivity index (χ4v) is 2.26. The molecule has 0 saturated carbocycles. The van der Waals surface area contributed by atoms with Crippen molar-refractivity contribution >= 4 is 6.08 Å². The molecule has 2 aromatic rings. The van der Waals surface area contributed by atoms with Gasteiger partial charge in [-0.05, 0) is 56.4 Å². The molecule has 0 bridgehead atoms. The van der Waals surface area contributed by atoms with Crippen LogP contribution in [0.15, 0.2) is 42.5 Å². The van der Waals surface area contributed by atoms with Gasteiger partial charge in [0.1, 0.15) is 0 Å². The van der Waals surface area contributed by atoms with Crippen LogP contribution in [0, 0.1) is 27.7 Å². The summed E-state index contributed by atoms with van der Waals surface area (Å²) in [6.07, 6.45) is 5.53. The fourth-order valence-electron chi connectivity index (χ4n) is 2.26. The molecular weight excluding hydrogens is 276 g/mol. The van der Waals surface area contributed by atoms with E-state index in [1.54, 1.807) is 0 Å². The molecule has 0 N–H and O–H groups in total. The van der Waals surface area contributed by atoms with Crippen LogP contribution in [-0.4, -0.2) is 0 Å². The van der Waals surface area contributed by atoms with Crippen LogP contribution in [0.1, 0.15) is 61.1 Å². The molecule has 23 heavy (non-hydrogen) atoms. The van der Waals surface area contributed by atoms with E-state index in [-0.39, 0.29) is 0 Å². The number of allylic oxidation sites excluding steroid dienone is 1. The largest absolute Gasteiger partial charge is 0.0795 e. The normalized spacial score (nSPS) is 10.3. The fraction of sp³-hybridized carbons (Fsp3) is 0.391. The molecule has 2 aromatic carbocycles. The minimum atomic E-state index is 1.12. The van der Waals surface area contributed by atoms with Gasteiger partial charge in [-0.25, -0.2) is 0 Å². The Morgan fingerprint density at radius 3 is 1.78 bits per heavy atom.